The summed E-state index contributed by atoms with van der Waals surface area (Å²) in [4.78, 5) is 25.8. The van der Waals surface area contributed by atoms with Gasteiger partial charge in [0.15, 0.2) is 0 Å². The third kappa shape index (κ3) is 2.09. The molecule has 0 radical (unpaired) electrons. The quantitative estimate of drug-likeness (QED) is 0.746. The normalized spacial score (nSPS) is 18.8. The van der Waals surface area contributed by atoms with Gasteiger partial charge in [-0.05, 0) is 37.8 Å². The predicted octanol–water partition coefficient (Wildman–Crippen LogP) is 2.37. The summed E-state index contributed by atoms with van der Waals surface area (Å²) in [5.41, 5.74) is 0.723. The van der Waals surface area contributed by atoms with Crippen LogP contribution in [-0.2, 0) is 9.59 Å². The van der Waals surface area contributed by atoms with Crippen molar-refractivity contribution < 1.29 is 9.59 Å². The molecule has 0 unspecified atom stereocenters. The number of rotatable bonds is 3. The van der Waals surface area contributed by atoms with Gasteiger partial charge in [0.25, 0.3) is 0 Å². The number of carbonyl (C=O) groups is 2. The van der Waals surface area contributed by atoms with E-state index in [1.54, 1.807) is 0 Å². The predicted molar refractivity (Wildman–Crippen MR) is 64.4 cm³/mol. The Morgan fingerprint density at radius 3 is 1.76 bits per heavy atom. The van der Waals surface area contributed by atoms with Crippen molar-refractivity contribution in [3.8, 4) is 0 Å². The first-order valence-electron chi connectivity index (χ1n) is 6.20. The Balaban J connectivity index is 1.89. The third-order valence-electron chi connectivity index (χ3n) is 3.31. The molecule has 0 bridgehead atoms. The molecule has 0 N–H and O–H groups in total. The Morgan fingerprint density at radius 2 is 1.35 bits per heavy atom. The lowest BCUT2D eigenvalue weighted by molar-refractivity contribution is -0.127. The number of para-hydroxylation sites is 1. The third-order valence-corrected chi connectivity index (χ3v) is 3.31. The number of nitrogens with zero attached hydrogens (tertiary/aromatic N) is 1. The van der Waals surface area contributed by atoms with Crippen LogP contribution >= 0.6 is 0 Å². The molecule has 2 aliphatic carbocycles. The van der Waals surface area contributed by atoms with Crippen LogP contribution in [0.2, 0.25) is 0 Å². The first-order chi connectivity index (χ1) is 8.27. The van der Waals surface area contributed by atoms with Crippen molar-refractivity contribution in [2.24, 2.45) is 11.8 Å². The molecule has 3 rings (SSSR count). The van der Waals surface area contributed by atoms with Crippen LogP contribution in [-0.4, -0.2) is 11.8 Å². The summed E-state index contributed by atoms with van der Waals surface area (Å²) in [5.74, 6) is 0.150. The van der Waals surface area contributed by atoms with E-state index in [4.69, 9.17) is 0 Å². The average molecular weight is 229 g/mol. The molecule has 88 valence electrons. The van der Waals surface area contributed by atoms with Gasteiger partial charge < -0.3 is 0 Å². The van der Waals surface area contributed by atoms with Gasteiger partial charge in [-0.1, -0.05) is 18.2 Å². The number of hydrogen-bond donors (Lipinski definition) is 0. The highest BCUT2D eigenvalue weighted by molar-refractivity contribution is 6.17. The van der Waals surface area contributed by atoms with E-state index in [0.29, 0.717) is 0 Å². The fourth-order valence-corrected chi connectivity index (χ4v) is 1.97. The summed E-state index contributed by atoms with van der Waals surface area (Å²) < 4.78 is 0. The van der Waals surface area contributed by atoms with Crippen molar-refractivity contribution in [3.05, 3.63) is 30.3 Å². The Labute approximate surface area is 100 Å². The van der Waals surface area contributed by atoms with E-state index in [1.807, 2.05) is 30.3 Å². The van der Waals surface area contributed by atoms with E-state index >= 15 is 0 Å². The summed E-state index contributed by atoms with van der Waals surface area (Å²) >= 11 is 0. The minimum Gasteiger partial charge on any atom is -0.274 e. The van der Waals surface area contributed by atoms with Gasteiger partial charge in [0.05, 0.1) is 5.69 Å². The molecule has 0 heterocycles. The van der Waals surface area contributed by atoms with Crippen LogP contribution in [0.15, 0.2) is 30.3 Å². The number of hydrogen-bond acceptors (Lipinski definition) is 2. The zero-order chi connectivity index (χ0) is 11.8. The molecule has 0 spiro atoms. The van der Waals surface area contributed by atoms with Gasteiger partial charge in [-0.25, -0.2) is 0 Å². The molecule has 1 aromatic rings. The molecule has 0 saturated heterocycles. The lowest BCUT2D eigenvalue weighted by Crippen LogP contribution is -2.39. The summed E-state index contributed by atoms with van der Waals surface area (Å²) in [6, 6.07) is 9.29. The molecule has 0 aromatic heterocycles. The second kappa shape index (κ2) is 3.99. The van der Waals surface area contributed by atoms with Gasteiger partial charge in [0.2, 0.25) is 11.8 Å². The van der Waals surface area contributed by atoms with Gasteiger partial charge >= 0.3 is 0 Å². The fraction of sp³-hybridized carbons (Fsp3) is 0.429. The van der Waals surface area contributed by atoms with Crippen LogP contribution < -0.4 is 4.90 Å². The van der Waals surface area contributed by atoms with E-state index in [0.717, 1.165) is 31.4 Å². The lowest BCUT2D eigenvalue weighted by Gasteiger charge is -2.20. The number of benzene rings is 1. The Kier molecular flexibility index (Phi) is 2.46. The summed E-state index contributed by atoms with van der Waals surface area (Å²) in [5, 5.41) is 0. The molecule has 2 amide bonds. The van der Waals surface area contributed by atoms with E-state index < -0.39 is 0 Å². The highest BCUT2D eigenvalue weighted by Gasteiger charge is 2.41. The highest BCUT2D eigenvalue weighted by atomic mass is 16.2. The summed E-state index contributed by atoms with van der Waals surface area (Å²) in [7, 11) is 0. The largest absolute Gasteiger partial charge is 0.274 e. The lowest BCUT2D eigenvalue weighted by atomic mass is 10.2. The van der Waals surface area contributed by atoms with Gasteiger partial charge in [0.1, 0.15) is 0 Å². The number of amides is 2. The minimum absolute atomic E-state index is 0.00639. The van der Waals surface area contributed by atoms with Crippen LogP contribution in [0.25, 0.3) is 0 Å². The second-order valence-electron chi connectivity index (χ2n) is 4.90. The maximum Gasteiger partial charge on any atom is 0.236 e. The molecule has 17 heavy (non-hydrogen) atoms. The van der Waals surface area contributed by atoms with Crippen molar-refractivity contribution >= 4 is 17.5 Å². The van der Waals surface area contributed by atoms with Crippen molar-refractivity contribution in [1.29, 1.82) is 0 Å². The smallest absolute Gasteiger partial charge is 0.236 e. The van der Waals surface area contributed by atoms with Gasteiger partial charge in [-0.3, -0.25) is 14.5 Å². The van der Waals surface area contributed by atoms with Gasteiger partial charge in [-0.15, -0.1) is 0 Å². The van der Waals surface area contributed by atoms with E-state index in [1.165, 1.54) is 4.90 Å². The first-order valence-corrected chi connectivity index (χ1v) is 6.20. The summed E-state index contributed by atoms with van der Waals surface area (Å²) in [6.45, 7) is 0. The summed E-state index contributed by atoms with van der Waals surface area (Å²) in [6.07, 6.45) is 3.72. The SMILES string of the molecule is O=C(C1CC1)N(C(=O)C1CC1)c1ccccc1. The molecule has 2 saturated carbocycles. The molecular weight excluding hydrogens is 214 g/mol. The Hall–Kier alpha value is -1.64. The van der Waals surface area contributed by atoms with Crippen molar-refractivity contribution in [2.45, 2.75) is 25.7 Å². The van der Waals surface area contributed by atoms with Crippen molar-refractivity contribution in [3.63, 3.8) is 0 Å². The van der Waals surface area contributed by atoms with Gasteiger partial charge in [-0.2, -0.15) is 0 Å². The molecular formula is C14H15NO2. The molecule has 2 aliphatic rings. The minimum atomic E-state index is -0.00639. The van der Waals surface area contributed by atoms with E-state index in [2.05, 4.69) is 0 Å². The van der Waals surface area contributed by atoms with E-state index in [9.17, 15) is 9.59 Å². The average Bonchev–Trinajstić information content (AvgIpc) is 3.20. The number of carbonyl (C=O) groups excluding carboxylic acids is 2. The zero-order valence-electron chi connectivity index (χ0n) is 9.63. The molecule has 1 aromatic carbocycles. The van der Waals surface area contributed by atoms with Crippen LogP contribution in [0.5, 0.6) is 0 Å². The molecule has 3 nitrogen and oxygen atoms in total. The highest BCUT2D eigenvalue weighted by Crippen LogP contribution is 2.37. The van der Waals surface area contributed by atoms with Crippen molar-refractivity contribution in [2.75, 3.05) is 4.90 Å². The Bertz CT molecular complexity index is 423. The number of imide groups is 1. The van der Waals surface area contributed by atoms with Crippen molar-refractivity contribution in [1.82, 2.24) is 0 Å². The monoisotopic (exact) mass is 229 g/mol. The van der Waals surface area contributed by atoms with Crippen LogP contribution in [0.1, 0.15) is 25.7 Å². The van der Waals surface area contributed by atoms with Crippen LogP contribution in [0, 0.1) is 11.8 Å². The molecule has 0 atom stereocenters. The molecule has 0 aliphatic heterocycles. The van der Waals surface area contributed by atoms with Crippen LogP contribution in [0.4, 0.5) is 5.69 Å². The second-order valence-corrected chi connectivity index (χ2v) is 4.90. The fourth-order valence-electron chi connectivity index (χ4n) is 1.97. The van der Waals surface area contributed by atoms with Crippen LogP contribution in [0.3, 0.4) is 0 Å². The number of anilines is 1. The van der Waals surface area contributed by atoms with Gasteiger partial charge in [0, 0.05) is 11.8 Å². The topological polar surface area (TPSA) is 37.4 Å². The molecule has 2 fully saturated rings. The first kappa shape index (κ1) is 10.5. The zero-order valence-corrected chi connectivity index (χ0v) is 9.63. The molecule has 3 heteroatoms. The Morgan fingerprint density at radius 1 is 0.882 bits per heavy atom. The maximum atomic E-state index is 12.2. The maximum absolute atomic E-state index is 12.2. The standard InChI is InChI=1S/C14H15NO2/c16-13(10-6-7-10)15(14(17)11-8-9-11)12-4-2-1-3-5-12/h1-5,10-11H,6-9H2. The van der Waals surface area contributed by atoms with E-state index in [-0.39, 0.29) is 23.7 Å².